The van der Waals surface area contributed by atoms with Gasteiger partial charge in [-0.3, -0.25) is 4.90 Å². The summed E-state index contributed by atoms with van der Waals surface area (Å²) in [5.41, 5.74) is 9.24. The standard InChI is InChI=1S/C18H28N2O/c1-3-13-12-20(9-8-18(13)19)16-6-4-14-5-7-17(21-2)11-15(14)10-16/h5,7,11,13,16,18H,3-4,6,8-10,12,19H2,1-2H3. The van der Waals surface area contributed by atoms with E-state index in [9.17, 15) is 0 Å². The molecule has 0 aromatic heterocycles. The van der Waals surface area contributed by atoms with Crippen LogP contribution >= 0.6 is 0 Å². The van der Waals surface area contributed by atoms with E-state index >= 15 is 0 Å². The van der Waals surface area contributed by atoms with Crippen LogP contribution in [0.25, 0.3) is 0 Å². The van der Waals surface area contributed by atoms with Crippen molar-refractivity contribution >= 4 is 0 Å². The van der Waals surface area contributed by atoms with Gasteiger partial charge in [-0.25, -0.2) is 0 Å². The molecule has 1 fully saturated rings. The number of piperidine rings is 1. The van der Waals surface area contributed by atoms with Gasteiger partial charge in [0.25, 0.3) is 0 Å². The monoisotopic (exact) mass is 288 g/mol. The molecule has 0 amide bonds. The van der Waals surface area contributed by atoms with Gasteiger partial charge in [-0.1, -0.05) is 19.4 Å². The molecular weight excluding hydrogens is 260 g/mol. The van der Waals surface area contributed by atoms with E-state index in [1.165, 1.54) is 43.5 Å². The number of benzene rings is 1. The van der Waals surface area contributed by atoms with Crippen molar-refractivity contribution in [2.45, 2.75) is 51.1 Å². The van der Waals surface area contributed by atoms with Crippen LogP contribution < -0.4 is 10.5 Å². The largest absolute Gasteiger partial charge is 0.497 e. The summed E-state index contributed by atoms with van der Waals surface area (Å²) >= 11 is 0. The number of nitrogens with two attached hydrogens (primary N) is 1. The smallest absolute Gasteiger partial charge is 0.119 e. The first kappa shape index (κ1) is 14.9. The van der Waals surface area contributed by atoms with E-state index < -0.39 is 0 Å². The fraction of sp³-hybridized carbons (Fsp3) is 0.667. The first-order chi connectivity index (χ1) is 10.2. The Bertz CT molecular complexity index is 488. The number of ether oxygens (including phenoxy) is 1. The van der Waals surface area contributed by atoms with Crippen molar-refractivity contribution in [1.82, 2.24) is 4.90 Å². The normalized spacial score (nSPS) is 30.0. The second-order valence-corrected chi connectivity index (χ2v) is 6.65. The van der Waals surface area contributed by atoms with E-state index in [4.69, 9.17) is 10.5 Å². The maximum absolute atomic E-state index is 6.25. The van der Waals surface area contributed by atoms with Crippen LogP contribution in [0.2, 0.25) is 0 Å². The van der Waals surface area contributed by atoms with Crippen molar-refractivity contribution in [1.29, 1.82) is 0 Å². The molecule has 21 heavy (non-hydrogen) atoms. The number of hydrogen-bond acceptors (Lipinski definition) is 3. The van der Waals surface area contributed by atoms with E-state index in [-0.39, 0.29) is 0 Å². The van der Waals surface area contributed by atoms with Gasteiger partial charge in [0.1, 0.15) is 5.75 Å². The zero-order chi connectivity index (χ0) is 14.8. The van der Waals surface area contributed by atoms with Crippen molar-refractivity contribution in [2.24, 2.45) is 11.7 Å². The van der Waals surface area contributed by atoms with E-state index in [1.807, 2.05) is 0 Å². The van der Waals surface area contributed by atoms with Crippen molar-refractivity contribution < 1.29 is 4.74 Å². The summed E-state index contributed by atoms with van der Waals surface area (Å²) in [4.78, 5) is 2.69. The Labute approximate surface area is 128 Å². The molecule has 0 radical (unpaired) electrons. The van der Waals surface area contributed by atoms with E-state index in [1.54, 1.807) is 7.11 Å². The fourth-order valence-electron chi connectivity index (χ4n) is 3.99. The predicted molar refractivity (Wildman–Crippen MR) is 86.8 cm³/mol. The molecule has 3 atom stereocenters. The highest BCUT2D eigenvalue weighted by Crippen LogP contribution is 2.30. The first-order valence-corrected chi connectivity index (χ1v) is 8.36. The second-order valence-electron chi connectivity index (χ2n) is 6.65. The molecule has 3 rings (SSSR count). The van der Waals surface area contributed by atoms with Gasteiger partial charge >= 0.3 is 0 Å². The Morgan fingerprint density at radius 2 is 2.14 bits per heavy atom. The van der Waals surface area contributed by atoms with Crippen LogP contribution in [-0.4, -0.2) is 37.2 Å². The number of likely N-dealkylation sites (tertiary alicyclic amines) is 1. The third kappa shape index (κ3) is 3.09. The Hall–Kier alpha value is -1.06. The molecule has 1 aromatic rings. The van der Waals surface area contributed by atoms with Crippen LogP contribution in [0.4, 0.5) is 0 Å². The molecule has 3 nitrogen and oxygen atoms in total. The zero-order valence-electron chi connectivity index (χ0n) is 13.3. The molecule has 3 heteroatoms. The summed E-state index contributed by atoms with van der Waals surface area (Å²) in [6, 6.07) is 7.65. The second kappa shape index (κ2) is 6.37. The molecule has 0 bridgehead atoms. The lowest BCUT2D eigenvalue weighted by molar-refractivity contribution is 0.0982. The zero-order valence-corrected chi connectivity index (χ0v) is 13.3. The Balaban J connectivity index is 1.70. The fourth-order valence-corrected chi connectivity index (χ4v) is 3.99. The maximum atomic E-state index is 6.25. The van der Waals surface area contributed by atoms with Crippen LogP contribution in [0, 0.1) is 5.92 Å². The lowest BCUT2D eigenvalue weighted by Crippen LogP contribution is -2.51. The molecule has 1 saturated heterocycles. The number of fused-ring (bicyclic) bond motifs is 1. The van der Waals surface area contributed by atoms with Crippen molar-refractivity contribution in [3.05, 3.63) is 29.3 Å². The molecule has 1 heterocycles. The van der Waals surface area contributed by atoms with E-state index in [2.05, 4.69) is 30.0 Å². The average molecular weight is 288 g/mol. The van der Waals surface area contributed by atoms with Gasteiger partial charge in [-0.2, -0.15) is 0 Å². The van der Waals surface area contributed by atoms with Gasteiger partial charge in [0.15, 0.2) is 0 Å². The molecule has 1 aliphatic heterocycles. The molecule has 1 aliphatic carbocycles. The van der Waals surface area contributed by atoms with Crippen LogP contribution in [0.3, 0.4) is 0 Å². The third-order valence-electron chi connectivity index (χ3n) is 5.48. The number of hydrogen-bond donors (Lipinski definition) is 1. The van der Waals surface area contributed by atoms with Gasteiger partial charge in [0, 0.05) is 18.6 Å². The highest BCUT2D eigenvalue weighted by atomic mass is 16.5. The quantitative estimate of drug-likeness (QED) is 0.929. The average Bonchev–Trinajstić information content (AvgIpc) is 2.54. The summed E-state index contributed by atoms with van der Waals surface area (Å²) in [5, 5.41) is 0. The Kier molecular flexibility index (Phi) is 4.51. The Morgan fingerprint density at radius 3 is 2.90 bits per heavy atom. The van der Waals surface area contributed by atoms with Crippen molar-refractivity contribution in [3.63, 3.8) is 0 Å². The molecule has 3 unspecified atom stereocenters. The highest BCUT2D eigenvalue weighted by Gasteiger charge is 2.31. The van der Waals surface area contributed by atoms with Crippen molar-refractivity contribution in [3.8, 4) is 5.75 Å². The lowest BCUT2D eigenvalue weighted by Gasteiger charge is -2.42. The molecule has 0 saturated carbocycles. The van der Waals surface area contributed by atoms with Gasteiger partial charge in [-0.15, -0.1) is 0 Å². The van der Waals surface area contributed by atoms with E-state index in [0.717, 1.165) is 18.6 Å². The summed E-state index contributed by atoms with van der Waals surface area (Å²) in [7, 11) is 1.75. The summed E-state index contributed by atoms with van der Waals surface area (Å²) in [6.07, 6.45) is 6.00. The minimum atomic E-state index is 0.405. The minimum absolute atomic E-state index is 0.405. The van der Waals surface area contributed by atoms with Crippen LogP contribution in [-0.2, 0) is 12.8 Å². The highest BCUT2D eigenvalue weighted by molar-refractivity contribution is 5.38. The van der Waals surface area contributed by atoms with Gasteiger partial charge in [0.2, 0.25) is 0 Å². The number of nitrogens with zero attached hydrogens (tertiary/aromatic N) is 1. The summed E-state index contributed by atoms with van der Waals surface area (Å²) in [6.45, 7) is 4.62. The van der Waals surface area contributed by atoms with Crippen LogP contribution in [0.1, 0.15) is 37.3 Å². The summed E-state index contributed by atoms with van der Waals surface area (Å²) < 4.78 is 5.38. The molecule has 0 spiro atoms. The molecule has 1 aromatic carbocycles. The predicted octanol–water partition coefficient (Wildman–Crippen LogP) is 2.61. The number of rotatable bonds is 3. The maximum Gasteiger partial charge on any atom is 0.119 e. The SMILES string of the molecule is CCC1CN(C2CCc3ccc(OC)cc3C2)CCC1N. The molecule has 116 valence electrons. The molecular formula is C18H28N2O. The summed E-state index contributed by atoms with van der Waals surface area (Å²) in [5.74, 6) is 1.66. The number of methoxy groups -OCH3 is 1. The van der Waals surface area contributed by atoms with Crippen LogP contribution in [0.5, 0.6) is 5.75 Å². The van der Waals surface area contributed by atoms with Gasteiger partial charge < -0.3 is 10.5 Å². The van der Waals surface area contributed by atoms with Gasteiger partial charge in [0.05, 0.1) is 7.11 Å². The minimum Gasteiger partial charge on any atom is -0.497 e. The third-order valence-corrected chi connectivity index (χ3v) is 5.48. The topological polar surface area (TPSA) is 38.5 Å². The molecule has 2 aliphatic rings. The van der Waals surface area contributed by atoms with E-state index in [0.29, 0.717) is 18.0 Å². The van der Waals surface area contributed by atoms with Crippen molar-refractivity contribution in [2.75, 3.05) is 20.2 Å². The van der Waals surface area contributed by atoms with Gasteiger partial charge in [-0.05, 0) is 61.4 Å². The Morgan fingerprint density at radius 1 is 1.29 bits per heavy atom. The first-order valence-electron chi connectivity index (χ1n) is 8.36. The molecule has 2 N–H and O–H groups in total. The lowest BCUT2D eigenvalue weighted by atomic mass is 9.84. The van der Waals surface area contributed by atoms with Crippen LogP contribution in [0.15, 0.2) is 18.2 Å². The number of aryl methyl sites for hydroxylation is 1.